The predicted molar refractivity (Wildman–Crippen MR) is 88.9 cm³/mol. The van der Waals surface area contributed by atoms with Crippen molar-refractivity contribution in [3.8, 4) is 0 Å². The summed E-state index contributed by atoms with van der Waals surface area (Å²) in [7, 11) is 0. The third-order valence-electron chi connectivity index (χ3n) is 4.22. The van der Waals surface area contributed by atoms with E-state index in [1.807, 2.05) is 30.3 Å². The molecule has 0 spiro atoms. The second kappa shape index (κ2) is 8.67. The van der Waals surface area contributed by atoms with E-state index in [9.17, 15) is 14.7 Å². The highest BCUT2D eigenvalue weighted by atomic mass is 16.3. The van der Waals surface area contributed by atoms with Crippen molar-refractivity contribution in [3.05, 3.63) is 35.9 Å². The summed E-state index contributed by atoms with van der Waals surface area (Å²) in [5, 5.41) is 12.6. The molecular formula is C18H26N2O3. The predicted octanol–water partition coefficient (Wildman–Crippen LogP) is 1.67. The number of carbonyl (C=O) groups is 2. The molecule has 0 saturated carbocycles. The summed E-state index contributed by atoms with van der Waals surface area (Å²) < 4.78 is 0. The highest BCUT2D eigenvalue weighted by Crippen LogP contribution is 2.20. The number of aliphatic hydroxyl groups excluding tert-OH is 1. The smallest absolute Gasteiger partial charge is 0.222 e. The first-order valence-electron chi connectivity index (χ1n) is 8.33. The van der Waals surface area contributed by atoms with Crippen molar-refractivity contribution in [1.82, 2.24) is 10.2 Å². The van der Waals surface area contributed by atoms with Crippen molar-refractivity contribution in [2.24, 2.45) is 0 Å². The summed E-state index contributed by atoms with van der Waals surface area (Å²) in [5.41, 5.74) is 1.11. The van der Waals surface area contributed by atoms with Crippen molar-refractivity contribution in [2.45, 2.75) is 44.6 Å². The Morgan fingerprint density at radius 1 is 1.35 bits per heavy atom. The molecule has 126 valence electrons. The first-order chi connectivity index (χ1) is 11.1. The number of nitrogens with zero attached hydrogens (tertiary/aromatic N) is 1. The highest BCUT2D eigenvalue weighted by Gasteiger charge is 2.21. The lowest BCUT2D eigenvalue weighted by Gasteiger charge is -2.20. The van der Waals surface area contributed by atoms with E-state index in [2.05, 4.69) is 5.32 Å². The fourth-order valence-electron chi connectivity index (χ4n) is 2.98. The van der Waals surface area contributed by atoms with Crippen molar-refractivity contribution in [1.29, 1.82) is 0 Å². The molecule has 1 aromatic carbocycles. The monoisotopic (exact) mass is 318 g/mol. The second-order valence-electron chi connectivity index (χ2n) is 6.23. The lowest BCUT2D eigenvalue weighted by atomic mass is 9.93. The van der Waals surface area contributed by atoms with Crippen LogP contribution >= 0.6 is 0 Å². The Morgan fingerprint density at radius 3 is 2.70 bits per heavy atom. The van der Waals surface area contributed by atoms with Crippen molar-refractivity contribution in [3.63, 3.8) is 0 Å². The van der Waals surface area contributed by atoms with E-state index in [0.717, 1.165) is 18.5 Å². The zero-order chi connectivity index (χ0) is 16.7. The Morgan fingerprint density at radius 2 is 2.09 bits per heavy atom. The molecule has 5 nitrogen and oxygen atoms in total. The van der Waals surface area contributed by atoms with Gasteiger partial charge in [-0.05, 0) is 25.3 Å². The van der Waals surface area contributed by atoms with E-state index in [0.29, 0.717) is 32.4 Å². The molecule has 2 atom stereocenters. The summed E-state index contributed by atoms with van der Waals surface area (Å²) in [6, 6.07) is 9.91. The van der Waals surface area contributed by atoms with Gasteiger partial charge in [0.05, 0.1) is 6.10 Å². The second-order valence-corrected chi connectivity index (χ2v) is 6.23. The van der Waals surface area contributed by atoms with Gasteiger partial charge in [-0.1, -0.05) is 30.3 Å². The molecular weight excluding hydrogens is 292 g/mol. The molecule has 5 heteroatoms. The average Bonchev–Trinajstić information content (AvgIpc) is 2.95. The topological polar surface area (TPSA) is 69.6 Å². The number of hydrogen-bond donors (Lipinski definition) is 2. The van der Waals surface area contributed by atoms with Crippen molar-refractivity contribution < 1.29 is 14.7 Å². The van der Waals surface area contributed by atoms with Gasteiger partial charge in [0.15, 0.2) is 0 Å². The largest absolute Gasteiger partial charge is 0.393 e. The van der Waals surface area contributed by atoms with Gasteiger partial charge in [0.1, 0.15) is 0 Å². The molecule has 2 amide bonds. The van der Waals surface area contributed by atoms with Crippen LogP contribution in [0, 0.1) is 0 Å². The van der Waals surface area contributed by atoms with Crippen LogP contribution in [0.25, 0.3) is 0 Å². The standard InChI is InChI=1S/C18H26N2O3/c1-14(21)12-16(15-6-3-2-4-7-15)13-19-17(22)9-11-20-10-5-8-18(20)23/h2-4,6-7,14,16,21H,5,8-13H2,1H3,(H,19,22). The van der Waals surface area contributed by atoms with Crippen LogP contribution in [0.3, 0.4) is 0 Å². The molecule has 23 heavy (non-hydrogen) atoms. The average molecular weight is 318 g/mol. The quantitative estimate of drug-likeness (QED) is 0.766. The van der Waals surface area contributed by atoms with Crippen LogP contribution in [0.5, 0.6) is 0 Å². The summed E-state index contributed by atoms with van der Waals surface area (Å²) in [5.74, 6) is 0.193. The molecule has 0 bridgehead atoms. The number of benzene rings is 1. The van der Waals surface area contributed by atoms with Gasteiger partial charge >= 0.3 is 0 Å². The molecule has 1 heterocycles. The van der Waals surface area contributed by atoms with Gasteiger partial charge in [-0.25, -0.2) is 0 Å². The maximum absolute atomic E-state index is 12.0. The molecule has 0 radical (unpaired) electrons. The minimum Gasteiger partial charge on any atom is -0.393 e. The first-order valence-corrected chi connectivity index (χ1v) is 8.33. The molecule has 2 N–H and O–H groups in total. The van der Waals surface area contributed by atoms with Crippen molar-refractivity contribution >= 4 is 11.8 Å². The molecule has 0 aromatic heterocycles. The number of aliphatic hydroxyl groups is 1. The SMILES string of the molecule is CC(O)CC(CNC(=O)CCN1CCCC1=O)c1ccccc1. The van der Waals surface area contributed by atoms with Crippen LogP contribution in [0.1, 0.15) is 44.1 Å². The Hall–Kier alpha value is -1.88. The minimum atomic E-state index is -0.417. The normalized spacial score (nSPS) is 17.1. The van der Waals surface area contributed by atoms with E-state index in [-0.39, 0.29) is 17.7 Å². The van der Waals surface area contributed by atoms with Crippen molar-refractivity contribution in [2.75, 3.05) is 19.6 Å². The molecule has 0 aliphatic carbocycles. The zero-order valence-electron chi connectivity index (χ0n) is 13.7. The van der Waals surface area contributed by atoms with Crippen LogP contribution in [0.15, 0.2) is 30.3 Å². The fraction of sp³-hybridized carbons (Fsp3) is 0.556. The zero-order valence-corrected chi connectivity index (χ0v) is 13.7. The van der Waals surface area contributed by atoms with Crippen LogP contribution in [0.4, 0.5) is 0 Å². The van der Waals surface area contributed by atoms with Crippen LogP contribution < -0.4 is 5.32 Å². The Kier molecular flexibility index (Phi) is 6.59. The Bertz CT molecular complexity index is 516. The number of rotatable bonds is 8. The first kappa shape index (κ1) is 17.5. The van der Waals surface area contributed by atoms with E-state index >= 15 is 0 Å². The molecule has 1 fully saturated rings. The number of carbonyl (C=O) groups excluding carboxylic acids is 2. The van der Waals surface area contributed by atoms with Gasteiger partial charge in [0.2, 0.25) is 11.8 Å². The Labute approximate surface area is 137 Å². The maximum Gasteiger partial charge on any atom is 0.222 e. The van der Waals surface area contributed by atoms with E-state index in [4.69, 9.17) is 0 Å². The highest BCUT2D eigenvalue weighted by molar-refractivity contribution is 5.80. The van der Waals surface area contributed by atoms with Crippen LogP contribution in [-0.4, -0.2) is 47.6 Å². The molecule has 1 aliphatic heterocycles. The van der Waals surface area contributed by atoms with E-state index < -0.39 is 6.10 Å². The van der Waals surface area contributed by atoms with Crippen LogP contribution in [0.2, 0.25) is 0 Å². The van der Waals surface area contributed by atoms with Crippen LogP contribution in [-0.2, 0) is 9.59 Å². The molecule has 1 aliphatic rings. The molecule has 2 rings (SSSR count). The third kappa shape index (κ3) is 5.67. The summed E-state index contributed by atoms with van der Waals surface area (Å²) in [4.78, 5) is 25.3. The number of amides is 2. The maximum atomic E-state index is 12.0. The number of nitrogens with one attached hydrogen (secondary N) is 1. The number of hydrogen-bond acceptors (Lipinski definition) is 3. The lowest BCUT2D eigenvalue weighted by molar-refractivity contribution is -0.128. The van der Waals surface area contributed by atoms with E-state index in [1.54, 1.807) is 11.8 Å². The Balaban J connectivity index is 1.80. The van der Waals surface area contributed by atoms with Gasteiger partial charge in [0, 0.05) is 38.4 Å². The van der Waals surface area contributed by atoms with Gasteiger partial charge in [-0.2, -0.15) is 0 Å². The third-order valence-corrected chi connectivity index (χ3v) is 4.22. The van der Waals surface area contributed by atoms with E-state index in [1.165, 1.54) is 0 Å². The van der Waals surface area contributed by atoms with Gasteiger partial charge in [-0.15, -0.1) is 0 Å². The molecule has 1 saturated heterocycles. The van der Waals surface area contributed by atoms with Gasteiger partial charge < -0.3 is 15.3 Å². The minimum absolute atomic E-state index is 0.0452. The summed E-state index contributed by atoms with van der Waals surface area (Å²) in [6.45, 7) is 3.52. The summed E-state index contributed by atoms with van der Waals surface area (Å²) in [6.07, 6.45) is 2.02. The number of likely N-dealkylation sites (tertiary alicyclic amines) is 1. The van der Waals surface area contributed by atoms with Gasteiger partial charge in [-0.3, -0.25) is 9.59 Å². The fourth-order valence-corrected chi connectivity index (χ4v) is 2.98. The van der Waals surface area contributed by atoms with Gasteiger partial charge in [0.25, 0.3) is 0 Å². The molecule has 2 unspecified atom stereocenters. The lowest BCUT2D eigenvalue weighted by Crippen LogP contribution is -2.34. The summed E-state index contributed by atoms with van der Waals surface area (Å²) >= 11 is 0. The molecule has 1 aromatic rings.